The lowest BCUT2D eigenvalue weighted by atomic mass is 9.56. The van der Waals surface area contributed by atoms with E-state index < -0.39 is 46.5 Å². The van der Waals surface area contributed by atoms with E-state index in [4.69, 9.17) is 4.74 Å². The van der Waals surface area contributed by atoms with E-state index in [2.05, 4.69) is 5.32 Å². The lowest BCUT2D eigenvalue weighted by Crippen LogP contribution is -2.58. The highest BCUT2D eigenvalue weighted by Gasteiger charge is 2.59. The van der Waals surface area contributed by atoms with Crippen LogP contribution in [0.4, 0.5) is 17.6 Å². The van der Waals surface area contributed by atoms with Crippen molar-refractivity contribution in [1.82, 2.24) is 5.32 Å². The van der Waals surface area contributed by atoms with Crippen LogP contribution in [0.15, 0.2) is 29.5 Å². The van der Waals surface area contributed by atoms with Crippen LogP contribution in [0.3, 0.4) is 0 Å². The van der Waals surface area contributed by atoms with Crippen molar-refractivity contribution in [3.05, 3.63) is 46.4 Å². The predicted octanol–water partition coefficient (Wildman–Crippen LogP) is 5.00. The molecule has 0 bridgehead atoms. The minimum atomic E-state index is -5.05. The van der Waals surface area contributed by atoms with Crippen molar-refractivity contribution in [3.8, 4) is 6.07 Å². The molecule has 0 amide bonds. The van der Waals surface area contributed by atoms with Crippen molar-refractivity contribution in [2.45, 2.75) is 57.2 Å². The number of nitriles is 1. The molecular formula is C23H26F4N2O3. The number of hydrogen-bond donors (Lipinski definition) is 2. The van der Waals surface area contributed by atoms with E-state index in [0.29, 0.717) is 11.8 Å². The molecule has 0 aromatic heterocycles. The number of carbonyl (C=O) groups is 1. The first-order chi connectivity index (χ1) is 15.1. The minimum Gasteiger partial charge on any atom is -0.481 e. The standard InChI is InChI=1S/C23H26F4N2O3/c1-13-16(12-28)19(15-7-4-8-17(24)20(15)23(25,26)27)22(21(30)31,11-14-5-3-6-14)18(29-13)9-10-32-2/h4,7-8,14,18-19,29H,3,5-6,9-11H2,1-2H3,(H,30,31). The fraction of sp³-hybridized carbons (Fsp3) is 0.565. The number of nitrogens with zero attached hydrogens (tertiary/aromatic N) is 1. The summed E-state index contributed by atoms with van der Waals surface area (Å²) in [6.07, 6.45) is -2.33. The molecule has 1 aromatic carbocycles. The van der Waals surface area contributed by atoms with Crippen LogP contribution in [0, 0.1) is 28.5 Å². The molecule has 2 N–H and O–H groups in total. The zero-order valence-corrected chi connectivity index (χ0v) is 17.9. The van der Waals surface area contributed by atoms with Gasteiger partial charge in [0, 0.05) is 31.4 Å². The Balaban J connectivity index is 2.34. The van der Waals surface area contributed by atoms with Gasteiger partial charge in [-0.25, -0.2) is 4.39 Å². The Morgan fingerprint density at radius 2 is 2.06 bits per heavy atom. The molecule has 2 aliphatic rings. The van der Waals surface area contributed by atoms with Crippen molar-refractivity contribution >= 4 is 5.97 Å². The number of halogens is 4. The van der Waals surface area contributed by atoms with E-state index in [1.54, 1.807) is 0 Å². The van der Waals surface area contributed by atoms with Crippen LogP contribution in [0.25, 0.3) is 0 Å². The van der Waals surface area contributed by atoms with Crippen LogP contribution in [-0.2, 0) is 15.7 Å². The number of hydrogen-bond acceptors (Lipinski definition) is 4. The molecule has 0 spiro atoms. The maximum absolute atomic E-state index is 14.5. The number of nitrogens with one attached hydrogen (secondary N) is 1. The van der Waals surface area contributed by atoms with E-state index in [9.17, 15) is 32.7 Å². The number of aliphatic carboxylic acids is 1. The van der Waals surface area contributed by atoms with Gasteiger partial charge in [-0.2, -0.15) is 18.4 Å². The average Bonchev–Trinajstić information content (AvgIpc) is 2.68. The van der Waals surface area contributed by atoms with Crippen molar-refractivity contribution < 1.29 is 32.2 Å². The summed E-state index contributed by atoms with van der Waals surface area (Å²) in [5.41, 5.74) is -3.63. The average molecular weight is 454 g/mol. The van der Waals surface area contributed by atoms with E-state index in [1.807, 2.05) is 6.07 Å². The second-order valence-corrected chi connectivity index (χ2v) is 8.61. The summed E-state index contributed by atoms with van der Waals surface area (Å²) < 4.78 is 61.5. The second kappa shape index (κ2) is 9.10. The summed E-state index contributed by atoms with van der Waals surface area (Å²) in [7, 11) is 1.45. The molecule has 3 atom stereocenters. The van der Waals surface area contributed by atoms with Gasteiger partial charge in [0.2, 0.25) is 0 Å². The van der Waals surface area contributed by atoms with Crippen molar-refractivity contribution in [2.24, 2.45) is 11.3 Å². The van der Waals surface area contributed by atoms with Gasteiger partial charge >= 0.3 is 12.1 Å². The summed E-state index contributed by atoms with van der Waals surface area (Å²) in [6, 6.07) is 4.06. The first-order valence-corrected chi connectivity index (χ1v) is 10.5. The maximum Gasteiger partial charge on any atom is 0.419 e. The maximum atomic E-state index is 14.5. The minimum absolute atomic E-state index is 0.00156. The van der Waals surface area contributed by atoms with Crippen molar-refractivity contribution in [1.29, 1.82) is 5.26 Å². The molecule has 32 heavy (non-hydrogen) atoms. The fourth-order valence-corrected chi connectivity index (χ4v) is 5.16. The molecule has 1 aliphatic carbocycles. The number of rotatable bonds is 7. The van der Waals surface area contributed by atoms with Crippen LogP contribution in [0.1, 0.15) is 56.1 Å². The Morgan fingerprint density at radius 3 is 2.56 bits per heavy atom. The highest BCUT2D eigenvalue weighted by Crippen LogP contribution is 2.56. The second-order valence-electron chi connectivity index (χ2n) is 8.61. The molecule has 1 aliphatic heterocycles. The SMILES string of the molecule is COCCC1NC(C)=C(C#N)C(c2cccc(F)c2C(F)(F)F)C1(CC1CCC1)C(=O)O. The highest BCUT2D eigenvalue weighted by molar-refractivity contribution is 5.80. The predicted molar refractivity (Wildman–Crippen MR) is 108 cm³/mol. The molecule has 0 saturated heterocycles. The third-order valence-corrected chi connectivity index (χ3v) is 6.84. The van der Waals surface area contributed by atoms with Crippen LogP contribution in [0.2, 0.25) is 0 Å². The molecule has 0 radical (unpaired) electrons. The molecule has 1 saturated carbocycles. The van der Waals surface area contributed by atoms with Gasteiger partial charge in [0.15, 0.2) is 0 Å². The summed E-state index contributed by atoms with van der Waals surface area (Å²) in [6.45, 7) is 1.71. The number of ether oxygens (including phenoxy) is 1. The third-order valence-electron chi connectivity index (χ3n) is 6.84. The third kappa shape index (κ3) is 4.08. The molecule has 174 valence electrons. The Hall–Kier alpha value is -2.60. The molecule has 1 heterocycles. The zero-order valence-electron chi connectivity index (χ0n) is 17.9. The lowest BCUT2D eigenvalue weighted by molar-refractivity contribution is -0.156. The van der Waals surface area contributed by atoms with Crippen molar-refractivity contribution in [2.75, 3.05) is 13.7 Å². The first kappa shape index (κ1) is 24.1. The number of alkyl halides is 3. The zero-order chi connectivity index (χ0) is 23.7. The van der Waals surface area contributed by atoms with Gasteiger partial charge < -0.3 is 15.2 Å². The smallest absolute Gasteiger partial charge is 0.419 e. The Bertz CT molecular complexity index is 950. The Morgan fingerprint density at radius 1 is 1.38 bits per heavy atom. The van der Waals surface area contributed by atoms with Gasteiger partial charge in [0.1, 0.15) is 5.82 Å². The van der Waals surface area contributed by atoms with Crippen molar-refractivity contribution in [3.63, 3.8) is 0 Å². The topological polar surface area (TPSA) is 82.3 Å². The largest absolute Gasteiger partial charge is 0.481 e. The van der Waals surface area contributed by atoms with Crippen LogP contribution >= 0.6 is 0 Å². The summed E-state index contributed by atoms with van der Waals surface area (Å²) in [5, 5.41) is 23.5. The van der Waals surface area contributed by atoms with E-state index in [-0.39, 0.29) is 30.9 Å². The number of methoxy groups -OCH3 is 1. The fourth-order valence-electron chi connectivity index (χ4n) is 5.16. The number of benzene rings is 1. The van der Waals surface area contributed by atoms with Crippen LogP contribution in [0.5, 0.6) is 0 Å². The summed E-state index contributed by atoms with van der Waals surface area (Å²) in [5.74, 6) is -4.25. The van der Waals surface area contributed by atoms with Gasteiger partial charge in [0.05, 0.1) is 22.6 Å². The number of allylic oxidation sites excluding steroid dienone is 2. The number of carboxylic acids is 1. The molecular weight excluding hydrogens is 428 g/mol. The monoisotopic (exact) mass is 454 g/mol. The number of carboxylic acid groups (broad SMARTS) is 1. The van der Waals surface area contributed by atoms with Crippen LogP contribution < -0.4 is 5.32 Å². The summed E-state index contributed by atoms with van der Waals surface area (Å²) >= 11 is 0. The lowest BCUT2D eigenvalue weighted by Gasteiger charge is -2.50. The van der Waals surface area contributed by atoms with E-state index in [0.717, 1.165) is 31.4 Å². The van der Waals surface area contributed by atoms with Gasteiger partial charge in [-0.3, -0.25) is 4.79 Å². The van der Waals surface area contributed by atoms with Gasteiger partial charge in [-0.05, 0) is 37.3 Å². The van der Waals surface area contributed by atoms with E-state index in [1.165, 1.54) is 14.0 Å². The van der Waals surface area contributed by atoms with Crippen LogP contribution in [-0.4, -0.2) is 30.8 Å². The molecule has 3 rings (SSSR count). The van der Waals surface area contributed by atoms with Gasteiger partial charge in [-0.15, -0.1) is 0 Å². The first-order valence-electron chi connectivity index (χ1n) is 10.5. The molecule has 1 aromatic rings. The quantitative estimate of drug-likeness (QED) is 0.567. The molecule has 9 heteroatoms. The van der Waals surface area contributed by atoms with E-state index >= 15 is 0 Å². The molecule has 1 fully saturated rings. The Kier molecular flexibility index (Phi) is 6.84. The van der Waals surface area contributed by atoms with Gasteiger partial charge in [0.25, 0.3) is 0 Å². The molecule has 3 unspecified atom stereocenters. The molecule has 5 nitrogen and oxygen atoms in total. The Labute approximate surface area is 184 Å². The highest BCUT2D eigenvalue weighted by atomic mass is 19.4. The summed E-state index contributed by atoms with van der Waals surface area (Å²) in [4.78, 5) is 12.9. The van der Waals surface area contributed by atoms with Gasteiger partial charge in [-0.1, -0.05) is 31.4 Å². The normalized spacial score (nSPS) is 26.3.